The lowest BCUT2D eigenvalue weighted by Crippen LogP contribution is -2.44. The molecular formula is C13H21ClN2O. The van der Waals surface area contributed by atoms with E-state index in [1.807, 2.05) is 51.1 Å². The van der Waals surface area contributed by atoms with Crippen LogP contribution in [0.15, 0.2) is 30.3 Å². The number of rotatable bonds is 4. The van der Waals surface area contributed by atoms with Crippen molar-refractivity contribution in [2.45, 2.75) is 32.9 Å². The van der Waals surface area contributed by atoms with Gasteiger partial charge in [0.1, 0.15) is 0 Å². The molecule has 0 aliphatic rings. The predicted octanol–water partition coefficient (Wildman–Crippen LogP) is 2.27. The number of amides is 1. The van der Waals surface area contributed by atoms with Crippen LogP contribution in [-0.4, -0.2) is 11.9 Å². The van der Waals surface area contributed by atoms with E-state index >= 15 is 0 Å². The van der Waals surface area contributed by atoms with E-state index in [4.69, 9.17) is 5.73 Å². The Morgan fingerprint density at radius 3 is 2.18 bits per heavy atom. The number of hydrogen-bond acceptors (Lipinski definition) is 2. The minimum Gasteiger partial charge on any atom is -0.348 e. The molecule has 0 unspecified atom stereocenters. The zero-order valence-electron chi connectivity index (χ0n) is 10.5. The lowest BCUT2D eigenvalue weighted by Gasteiger charge is -2.19. The third kappa shape index (κ3) is 4.75. The molecule has 0 heterocycles. The van der Waals surface area contributed by atoms with Crippen LogP contribution in [0.2, 0.25) is 0 Å². The summed E-state index contributed by atoms with van der Waals surface area (Å²) in [6.07, 6.45) is 0. The molecule has 1 rings (SSSR count). The molecule has 0 aliphatic carbocycles. The molecule has 1 aromatic carbocycles. The van der Waals surface area contributed by atoms with Gasteiger partial charge in [-0.05, 0) is 18.4 Å². The Balaban J connectivity index is 0.00000256. The summed E-state index contributed by atoms with van der Waals surface area (Å²) in [5, 5.41) is 2.91. The lowest BCUT2D eigenvalue weighted by atomic mass is 10.0. The molecule has 0 bridgehead atoms. The summed E-state index contributed by atoms with van der Waals surface area (Å²) >= 11 is 0. The van der Waals surface area contributed by atoms with Gasteiger partial charge in [-0.25, -0.2) is 0 Å². The Morgan fingerprint density at radius 1 is 1.18 bits per heavy atom. The Kier molecular flexibility index (Phi) is 6.85. The summed E-state index contributed by atoms with van der Waals surface area (Å²) in [5.41, 5.74) is 6.86. The van der Waals surface area contributed by atoms with E-state index in [-0.39, 0.29) is 30.3 Å². The van der Waals surface area contributed by atoms with E-state index in [0.717, 1.165) is 5.56 Å². The minimum absolute atomic E-state index is 0. The van der Waals surface area contributed by atoms with Crippen LogP contribution in [0.4, 0.5) is 0 Å². The SMILES string of the molecule is CC(C)[C@@H](N)C(=O)N[C@@H](C)c1ccccc1.Cl. The Hall–Kier alpha value is -1.06. The van der Waals surface area contributed by atoms with Gasteiger partial charge in [0.05, 0.1) is 12.1 Å². The van der Waals surface area contributed by atoms with E-state index in [1.165, 1.54) is 0 Å². The van der Waals surface area contributed by atoms with Crippen molar-refractivity contribution in [3.8, 4) is 0 Å². The third-order valence-electron chi connectivity index (χ3n) is 2.68. The van der Waals surface area contributed by atoms with E-state index in [0.29, 0.717) is 0 Å². The van der Waals surface area contributed by atoms with Gasteiger partial charge >= 0.3 is 0 Å². The Bertz CT molecular complexity index is 341. The number of nitrogens with two attached hydrogens (primary N) is 1. The molecule has 0 spiro atoms. The summed E-state index contributed by atoms with van der Waals surface area (Å²) in [6.45, 7) is 5.84. The van der Waals surface area contributed by atoms with Crippen molar-refractivity contribution in [1.82, 2.24) is 5.32 Å². The van der Waals surface area contributed by atoms with Crippen molar-refractivity contribution in [1.29, 1.82) is 0 Å². The van der Waals surface area contributed by atoms with Crippen molar-refractivity contribution in [3.63, 3.8) is 0 Å². The van der Waals surface area contributed by atoms with Crippen molar-refractivity contribution < 1.29 is 4.79 Å². The fourth-order valence-electron chi connectivity index (χ4n) is 1.44. The molecule has 3 nitrogen and oxygen atoms in total. The first-order valence-corrected chi connectivity index (χ1v) is 5.63. The van der Waals surface area contributed by atoms with E-state index in [2.05, 4.69) is 5.32 Å². The molecule has 0 saturated heterocycles. The maximum Gasteiger partial charge on any atom is 0.237 e. The monoisotopic (exact) mass is 256 g/mol. The molecular weight excluding hydrogens is 236 g/mol. The van der Waals surface area contributed by atoms with E-state index < -0.39 is 6.04 Å². The molecule has 17 heavy (non-hydrogen) atoms. The van der Waals surface area contributed by atoms with Crippen LogP contribution in [0.3, 0.4) is 0 Å². The van der Waals surface area contributed by atoms with E-state index in [9.17, 15) is 4.79 Å². The van der Waals surface area contributed by atoms with E-state index in [1.54, 1.807) is 0 Å². The zero-order chi connectivity index (χ0) is 12.1. The highest BCUT2D eigenvalue weighted by Gasteiger charge is 2.19. The van der Waals surface area contributed by atoms with Gasteiger partial charge in [0, 0.05) is 0 Å². The van der Waals surface area contributed by atoms with Gasteiger partial charge in [-0.15, -0.1) is 12.4 Å². The zero-order valence-corrected chi connectivity index (χ0v) is 11.3. The topological polar surface area (TPSA) is 55.1 Å². The molecule has 1 amide bonds. The van der Waals surface area contributed by atoms with Crippen LogP contribution < -0.4 is 11.1 Å². The number of carbonyl (C=O) groups is 1. The molecule has 3 N–H and O–H groups in total. The number of benzene rings is 1. The number of nitrogens with one attached hydrogen (secondary N) is 1. The number of hydrogen-bond donors (Lipinski definition) is 2. The molecule has 96 valence electrons. The Morgan fingerprint density at radius 2 is 1.71 bits per heavy atom. The third-order valence-corrected chi connectivity index (χ3v) is 2.68. The standard InChI is InChI=1S/C13H20N2O.ClH/c1-9(2)12(14)13(16)15-10(3)11-7-5-4-6-8-11;/h4-10,12H,14H2,1-3H3,(H,15,16);1H/t10-,12+;/m0./s1. The number of halogens is 1. The van der Waals surface area contributed by atoms with Gasteiger partial charge in [-0.2, -0.15) is 0 Å². The second-order valence-electron chi connectivity index (χ2n) is 4.41. The number of carbonyl (C=O) groups excluding carboxylic acids is 1. The average molecular weight is 257 g/mol. The van der Waals surface area contributed by atoms with Crippen LogP contribution in [0.1, 0.15) is 32.4 Å². The molecule has 0 fully saturated rings. The maximum absolute atomic E-state index is 11.7. The van der Waals surface area contributed by atoms with Gasteiger partial charge < -0.3 is 11.1 Å². The molecule has 0 aliphatic heterocycles. The predicted molar refractivity (Wildman–Crippen MR) is 73.1 cm³/mol. The summed E-state index contributed by atoms with van der Waals surface area (Å²) in [4.78, 5) is 11.7. The lowest BCUT2D eigenvalue weighted by molar-refractivity contribution is -0.123. The Labute approximate surface area is 109 Å². The maximum atomic E-state index is 11.7. The first-order chi connectivity index (χ1) is 7.52. The minimum atomic E-state index is -0.439. The quantitative estimate of drug-likeness (QED) is 0.868. The van der Waals surface area contributed by atoms with Gasteiger partial charge in [-0.1, -0.05) is 44.2 Å². The molecule has 0 radical (unpaired) electrons. The summed E-state index contributed by atoms with van der Waals surface area (Å²) < 4.78 is 0. The van der Waals surface area contributed by atoms with Crippen LogP contribution >= 0.6 is 12.4 Å². The molecule has 4 heteroatoms. The van der Waals surface area contributed by atoms with Crippen LogP contribution in [0, 0.1) is 5.92 Å². The summed E-state index contributed by atoms with van der Waals surface area (Å²) in [5.74, 6) is 0.0642. The van der Waals surface area contributed by atoms with Crippen molar-refractivity contribution >= 4 is 18.3 Å². The largest absolute Gasteiger partial charge is 0.348 e. The normalized spacial score (nSPS) is 13.7. The molecule has 2 atom stereocenters. The van der Waals surface area contributed by atoms with Gasteiger partial charge in [-0.3, -0.25) is 4.79 Å². The second kappa shape index (κ2) is 7.30. The van der Waals surface area contributed by atoms with Crippen molar-refractivity contribution in [2.24, 2.45) is 11.7 Å². The molecule has 0 aromatic heterocycles. The van der Waals surface area contributed by atoms with Gasteiger partial charge in [0.15, 0.2) is 0 Å². The van der Waals surface area contributed by atoms with Crippen LogP contribution in [0.5, 0.6) is 0 Å². The van der Waals surface area contributed by atoms with Crippen molar-refractivity contribution in [3.05, 3.63) is 35.9 Å². The van der Waals surface area contributed by atoms with Gasteiger partial charge in [0.2, 0.25) is 5.91 Å². The summed E-state index contributed by atoms with van der Waals surface area (Å²) in [6, 6.07) is 9.42. The highest BCUT2D eigenvalue weighted by Crippen LogP contribution is 2.11. The highest BCUT2D eigenvalue weighted by atomic mass is 35.5. The average Bonchev–Trinajstić information content (AvgIpc) is 2.28. The van der Waals surface area contributed by atoms with Crippen LogP contribution in [0.25, 0.3) is 0 Å². The molecule has 1 aromatic rings. The fourth-order valence-corrected chi connectivity index (χ4v) is 1.44. The second-order valence-corrected chi connectivity index (χ2v) is 4.41. The first-order valence-electron chi connectivity index (χ1n) is 5.63. The smallest absolute Gasteiger partial charge is 0.237 e. The fraction of sp³-hybridized carbons (Fsp3) is 0.462. The summed E-state index contributed by atoms with van der Waals surface area (Å²) in [7, 11) is 0. The van der Waals surface area contributed by atoms with Crippen molar-refractivity contribution in [2.75, 3.05) is 0 Å². The first kappa shape index (κ1) is 15.9. The van der Waals surface area contributed by atoms with Crippen LogP contribution in [-0.2, 0) is 4.79 Å². The van der Waals surface area contributed by atoms with Gasteiger partial charge in [0.25, 0.3) is 0 Å². The highest BCUT2D eigenvalue weighted by molar-refractivity contribution is 5.85. The molecule has 0 saturated carbocycles.